The fourth-order valence-corrected chi connectivity index (χ4v) is 4.73. The average Bonchev–Trinajstić information content (AvgIpc) is 2.96. The van der Waals surface area contributed by atoms with Crippen LogP contribution in [0.3, 0.4) is 0 Å². The average molecular weight is 522 g/mol. The lowest BCUT2D eigenvalue weighted by atomic mass is 10.0. The molecule has 2 N–H and O–H groups in total. The van der Waals surface area contributed by atoms with Crippen molar-refractivity contribution in [3.63, 3.8) is 0 Å². The lowest BCUT2D eigenvalue weighted by Gasteiger charge is -2.29. The maximum Gasteiger partial charge on any atom is 0.257 e. The summed E-state index contributed by atoms with van der Waals surface area (Å²) in [4.78, 5) is 24.0. The molecule has 5 rings (SSSR count). The highest BCUT2D eigenvalue weighted by atomic mass is 16.5. The van der Waals surface area contributed by atoms with Crippen molar-refractivity contribution in [2.24, 2.45) is 10.9 Å². The summed E-state index contributed by atoms with van der Waals surface area (Å²) in [6, 6.07) is 20.0. The molecule has 3 heterocycles. The molecule has 39 heavy (non-hydrogen) atoms. The molecule has 7 heteroatoms. The number of aliphatic imine (C=N–C) groups is 1. The van der Waals surface area contributed by atoms with Crippen LogP contribution in [-0.2, 0) is 4.74 Å². The fraction of sp³-hybridized carbons (Fsp3) is 0.281. The van der Waals surface area contributed by atoms with E-state index < -0.39 is 0 Å². The molecule has 1 amide bonds. The van der Waals surface area contributed by atoms with Crippen LogP contribution in [0.15, 0.2) is 102 Å². The van der Waals surface area contributed by atoms with E-state index in [1.165, 1.54) is 5.69 Å². The van der Waals surface area contributed by atoms with Crippen LogP contribution in [0.5, 0.6) is 0 Å². The van der Waals surface area contributed by atoms with Crippen LogP contribution in [0.25, 0.3) is 0 Å². The van der Waals surface area contributed by atoms with Crippen LogP contribution in [0.4, 0.5) is 11.4 Å². The van der Waals surface area contributed by atoms with Gasteiger partial charge in [-0.15, -0.1) is 0 Å². The highest BCUT2D eigenvalue weighted by Gasteiger charge is 2.14. The van der Waals surface area contributed by atoms with E-state index in [9.17, 15) is 4.79 Å². The summed E-state index contributed by atoms with van der Waals surface area (Å²) in [5, 5.41) is 6.57. The van der Waals surface area contributed by atoms with Gasteiger partial charge < -0.3 is 20.3 Å². The Bertz CT molecular complexity index is 1360. The third-order valence-electron chi connectivity index (χ3n) is 6.94. The molecule has 1 unspecified atom stereocenters. The molecule has 3 aromatic rings. The van der Waals surface area contributed by atoms with Crippen molar-refractivity contribution in [3.05, 3.63) is 114 Å². The van der Waals surface area contributed by atoms with Crippen LogP contribution in [0.2, 0.25) is 0 Å². The van der Waals surface area contributed by atoms with Crippen LogP contribution in [-0.4, -0.2) is 42.9 Å². The number of aromatic nitrogens is 1. The van der Waals surface area contributed by atoms with Gasteiger partial charge in [0.25, 0.3) is 5.91 Å². The van der Waals surface area contributed by atoms with Gasteiger partial charge in [0.1, 0.15) is 5.82 Å². The number of rotatable bonds is 7. The summed E-state index contributed by atoms with van der Waals surface area (Å²) >= 11 is 0. The van der Waals surface area contributed by atoms with Gasteiger partial charge in [-0.3, -0.25) is 9.78 Å². The van der Waals surface area contributed by atoms with Gasteiger partial charge in [0.2, 0.25) is 0 Å². The third kappa shape index (κ3) is 7.00. The van der Waals surface area contributed by atoms with Gasteiger partial charge in [0.15, 0.2) is 0 Å². The van der Waals surface area contributed by atoms with E-state index in [1.807, 2.05) is 18.2 Å². The van der Waals surface area contributed by atoms with Crippen molar-refractivity contribution < 1.29 is 9.53 Å². The Morgan fingerprint density at radius 3 is 2.67 bits per heavy atom. The van der Waals surface area contributed by atoms with Gasteiger partial charge >= 0.3 is 0 Å². The summed E-state index contributed by atoms with van der Waals surface area (Å²) in [7, 11) is 0. The number of allylic oxidation sites excluding steroid dienone is 3. The van der Waals surface area contributed by atoms with Crippen LogP contribution in [0, 0.1) is 5.92 Å². The molecule has 1 saturated heterocycles. The Morgan fingerprint density at radius 1 is 1.08 bits per heavy atom. The molecule has 7 nitrogen and oxygen atoms in total. The number of nitrogens with one attached hydrogen (secondary N) is 2. The van der Waals surface area contributed by atoms with E-state index in [-0.39, 0.29) is 11.9 Å². The minimum absolute atomic E-state index is 0.0178. The first-order valence-electron chi connectivity index (χ1n) is 13.5. The summed E-state index contributed by atoms with van der Waals surface area (Å²) in [6.45, 7) is 7.68. The number of benzene rings is 2. The lowest BCUT2D eigenvalue weighted by molar-refractivity contribution is 0.102. The number of pyridine rings is 1. The van der Waals surface area contributed by atoms with Gasteiger partial charge in [-0.25, -0.2) is 4.99 Å². The summed E-state index contributed by atoms with van der Waals surface area (Å²) in [5.74, 6) is 1.02. The molecule has 0 aliphatic carbocycles. The molecule has 2 aromatic carbocycles. The highest BCUT2D eigenvalue weighted by molar-refractivity contribution is 6.09. The van der Waals surface area contributed by atoms with Crippen molar-refractivity contribution >= 4 is 23.0 Å². The number of amides is 1. The molecular formula is C32H35N5O2. The predicted molar refractivity (Wildman–Crippen MR) is 157 cm³/mol. The first-order chi connectivity index (χ1) is 19.0. The maximum absolute atomic E-state index is 12.6. The van der Waals surface area contributed by atoms with Crippen LogP contribution < -0.4 is 15.5 Å². The lowest BCUT2D eigenvalue weighted by Crippen LogP contribution is -2.36. The smallest absolute Gasteiger partial charge is 0.257 e. The van der Waals surface area contributed by atoms with Crippen molar-refractivity contribution in [2.45, 2.75) is 26.3 Å². The zero-order chi connectivity index (χ0) is 27.0. The zero-order valence-corrected chi connectivity index (χ0v) is 22.5. The van der Waals surface area contributed by atoms with E-state index in [0.29, 0.717) is 11.5 Å². The molecule has 0 spiro atoms. The number of nitrogens with zero attached hydrogens (tertiary/aromatic N) is 3. The molecule has 1 aromatic heterocycles. The van der Waals surface area contributed by atoms with E-state index in [0.717, 1.165) is 61.1 Å². The van der Waals surface area contributed by atoms with Crippen LogP contribution >= 0.6 is 0 Å². The van der Waals surface area contributed by atoms with E-state index >= 15 is 0 Å². The van der Waals surface area contributed by atoms with E-state index in [1.54, 1.807) is 24.5 Å². The largest absolute Gasteiger partial charge is 0.378 e. The monoisotopic (exact) mass is 521 g/mol. The second-order valence-corrected chi connectivity index (χ2v) is 10.00. The molecule has 0 saturated carbocycles. The van der Waals surface area contributed by atoms with Gasteiger partial charge in [0.05, 0.1) is 30.5 Å². The fourth-order valence-electron chi connectivity index (χ4n) is 4.73. The minimum Gasteiger partial charge on any atom is -0.378 e. The number of morpholine rings is 1. The van der Waals surface area contributed by atoms with E-state index in [2.05, 4.69) is 82.9 Å². The predicted octanol–water partition coefficient (Wildman–Crippen LogP) is 5.75. The number of carbonyl (C=O) groups is 1. The minimum atomic E-state index is -0.182. The standard InChI is InChI=1S/C32H35N5O2/c1-23-6-3-10-30(25-11-13-29(14-12-25)37-16-18-39-19-17-37)36-31(20-23)34-24(2)26-7-4-9-28(21-26)35-32(38)27-8-5-15-33-22-27/h3-5,7-15,20-24,34H,6,16-19H2,1-2H3,(H,35,38)/b10-3+,31-20-,36-30+/t23?,24-/m0/s1. The van der Waals surface area contributed by atoms with Gasteiger partial charge in [-0.05, 0) is 73.4 Å². The normalized spacial score (nSPS) is 21.8. The molecule has 200 valence electrons. The Kier molecular flexibility index (Phi) is 8.48. The summed E-state index contributed by atoms with van der Waals surface area (Å²) in [6.07, 6.45) is 10.7. The number of ether oxygens (including phenoxy) is 1. The number of hydrogen-bond acceptors (Lipinski definition) is 6. The Morgan fingerprint density at radius 2 is 1.90 bits per heavy atom. The van der Waals surface area contributed by atoms with Crippen LogP contribution in [0.1, 0.15) is 47.8 Å². The zero-order valence-electron chi connectivity index (χ0n) is 22.5. The third-order valence-corrected chi connectivity index (χ3v) is 6.94. The van der Waals surface area contributed by atoms with E-state index in [4.69, 9.17) is 9.73 Å². The highest BCUT2D eigenvalue weighted by Crippen LogP contribution is 2.23. The number of anilines is 2. The molecule has 1 fully saturated rings. The quantitative estimate of drug-likeness (QED) is 0.414. The number of hydrogen-bond donors (Lipinski definition) is 2. The second kappa shape index (κ2) is 12.5. The maximum atomic E-state index is 12.6. The van der Waals surface area contributed by atoms with Crippen molar-refractivity contribution in [2.75, 3.05) is 36.5 Å². The van der Waals surface area contributed by atoms with Crippen molar-refractivity contribution in [1.82, 2.24) is 10.3 Å². The summed E-state index contributed by atoms with van der Waals surface area (Å²) in [5.41, 5.74) is 5.54. The van der Waals surface area contributed by atoms with Gasteiger partial charge in [-0.1, -0.05) is 37.3 Å². The summed E-state index contributed by atoms with van der Waals surface area (Å²) < 4.78 is 5.49. The molecule has 2 atom stereocenters. The topological polar surface area (TPSA) is 78.8 Å². The first-order valence-corrected chi connectivity index (χ1v) is 13.5. The molecule has 0 bridgehead atoms. The van der Waals surface area contributed by atoms with Gasteiger partial charge in [0, 0.05) is 42.4 Å². The van der Waals surface area contributed by atoms with Crippen molar-refractivity contribution in [1.29, 1.82) is 0 Å². The molecule has 2 aliphatic rings. The van der Waals surface area contributed by atoms with Gasteiger partial charge in [-0.2, -0.15) is 0 Å². The molecule has 0 radical (unpaired) electrons. The second-order valence-electron chi connectivity index (χ2n) is 10.00. The first kappa shape index (κ1) is 26.4. The SMILES string of the molecule is CC1\C=C(N[C@@H](C)c2cccc(NC(=O)c3cccnc3)c2)/N=C(c2ccc(N3CCOCC3)cc2)\C=C\C1. The Balaban J connectivity index is 1.31. The molecular weight excluding hydrogens is 486 g/mol. The molecule has 2 aliphatic heterocycles. The van der Waals surface area contributed by atoms with Crippen molar-refractivity contribution in [3.8, 4) is 0 Å². The Labute approximate surface area is 230 Å². The Hall–Kier alpha value is -4.23. The number of carbonyl (C=O) groups excluding carboxylic acids is 1.